The smallest absolute Gasteiger partial charge is 0.359 e. The topological polar surface area (TPSA) is 90.3 Å². The third-order valence-electron chi connectivity index (χ3n) is 6.38. The van der Waals surface area contributed by atoms with Gasteiger partial charge in [0, 0.05) is 17.2 Å². The number of fused-ring (bicyclic) bond motifs is 1. The van der Waals surface area contributed by atoms with Crippen LogP contribution in [-0.2, 0) is 9.53 Å². The van der Waals surface area contributed by atoms with Crippen LogP contribution in [0.3, 0.4) is 0 Å². The average Bonchev–Trinajstić information content (AvgIpc) is 3.24. The predicted molar refractivity (Wildman–Crippen MR) is 135 cm³/mol. The summed E-state index contributed by atoms with van der Waals surface area (Å²) < 4.78 is 6.43. The van der Waals surface area contributed by atoms with Crippen molar-refractivity contribution in [3.63, 3.8) is 0 Å². The summed E-state index contributed by atoms with van der Waals surface area (Å²) in [5, 5.41) is 10.1. The van der Waals surface area contributed by atoms with Crippen LogP contribution in [0.2, 0.25) is 0 Å². The van der Waals surface area contributed by atoms with Gasteiger partial charge in [0.15, 0.2) is 5.69 Å². The van der Waals surface area contributed by atoms with Gasteiger partial charge in [0.1, 0.15) is 5.00 Å². The van der Waals surface area contributed by atoms with E-state index in [0.29, 0.717) is 34.3 Å². The molecular weight excluding hydrogens is 450 g/mol. The number of ether oxygens (including phenoxy) is 1. The lowest BCUT2D eigenvalue weighted by Gasteiger charge is -2.20. The molecule has 1 amide bonds. The number of benzene rings is 1. The molecule has 2 aromatic heterocycles. The zero-order valence-corrected chi connectivity index (χ0v) is 20.7. The maximum Gasteiger partial charge on any atom is 0.359 e. The van der Waals surface area contributed by atoms with Crippen molar-refractivity contribution in [1.82, 2.24) is 9.78 Å². The van der Waals surface area contributed by atoms with Crippen molar-refractivity contribution >= 4 is 39.0 Å². The minimum Gasteiger partial charge on any atom is -0.461 e. The van der Waals surface area contributed by atoms with E-state index in [-0.39, 0.29) is 29.2 Å². The molecule has 2 heterocycles. The Bertz CT molecular complexity index is 1240. The summed E-state index contributed by atoms with van der Waals surface area (Å²) in [4.78, 5) is 39.0. The number of nitrogens with one attached hydrogen (secondary N) is 1. The molecule has 1 N–H and O–H groups in total. The molecule has 1 fully saturated rings. The van der Waals surface area contributed by atoms with Gasteiger partial charge in [0.25, 0.3) is 5.56 Å². The van der Waals surface area contributed by atoms with Crippen LogP contribution in [0.1, 0.15) is 81.3 Å². The highest BCUT2D eigenvalue weighted by molar-refractivity contribution is 7.16. The Morgan fingerprint density at radius 1 is 1.18 bits per heavy atom. The molecule has 180 valence electrons. The molecule has 0 radical (unpaired) electrons. The minimum atomic E-state index is -0.599. The molecule has 0 unspecified atom stereocenters. The molecule has 1 aliphatic carbocycles. The van der Waals surface area contributed by atoms with E-state index in [1.165, 1.54) is 22.4 Å². The molecule has 4 rings (SSSR count). The summed E-state index contributed by atoms with van der Waals surface area (Å²) >= 11 is 1.23. The number of aromatic nitrogens is 2. The van der Waals surface area contributed by atoms with Gasteiger partial charge in [-0.2, -0.15) is 9.78 Å². The summed E-state index contributed by atoms with van der Waals surface area (Å²) in [6.45, 7) is 6.11. The number of hydrogen-bond donors (Lipinski definition) is 1. The second-order valence-corrected chi connectivity index (χ2v) is 10.0. The zero-order chi connectivity index (χ0) is 24.2. The Morgan fingerprint density at radius 3 is 2.53 bits per heavy atom. The summed E-state index contributed by atoms with van der Waals surface area (Å²) in [5.41, 5.74) is 1.37. The van der Waals surface area contributed by atoms with E-state index in [0.717, 1.165) is 31.2 Å². The van der Waals surface area contributed by atoms with Crippen molar-refractivity contribution in [2.75, 3.05) is 11.9 Å². The van der Waals surface area contributed by atoms with E-state index < -0.39 is 5.97 Å². The van der Waals surface area contributed by atoms with Crippen LogP contribution in [0.4, 0.5) is 5.00 Å². The monoisotopic (exact) mass is 481 g/mol. The van der Waals surface area contributed by atoms with Crippen LogP contribution in [0.15, 0.2) is 34.4 Å². The van der Waals surface area contributed by atoms with Gasteiger partial charge in [-0.05, 0) is 49.3 Å². The van der Waals surface area contributed by atoms with Gasteiger partial charge in [0.05, 0.1) is 17.7 Å². The molecule has 3 aromatic rings. The molecule has 34 heavy (non-hydrogen) atoms. The first-order valence-electron chi connectivity index (χ1n) is 12.0. The molecule has 0 saturated heterocycles. The van der Waals surface area contributed by atoms with E-state index in [1.807, 2.05) is 24.3 Å². The maximum atomic E-state index is 13.5. The van der Waals surface area contributed by atoms with Crippen molar-refractivity contribution in [3.8, 4) is 5.69 Å². The van der Waals surface area contributed by atoms with Crippen molar-refractivity contribution in [2.45, 2.75) is 65.2 Å². The molecular formula is C26H31N3O4S. The molecule has 1 aliphatic rings. The van der Waals surface area contributed by atoms with Crippen molar-refractivity contribution in [3.05, 3.63) is 51.3 Å². The lowest BCUT2D eigenvalue weighted by Crippen LogP contribution is -2.26. The summed E-state index contributed by atoms with van der Waals surface area (Å²) in [5.74, 6) is 0.0299. The second kappa shape index (κ2) is 10.5. The van der Waals surface area contributed by atoms with E-state index in [9.17, 15) is 14.4 Å². The Morgan fingerprint density at radius 2 is 1.88 bits per heavy atom. The van der Waals surface area contributed by atoms with Gasteiger partial charge in [0.2, 0.25) is 5.91 Å². The minimum absolute atomic E-state index is 0.0633. The first-order valence-corrected chi connectivity index (χ1v) is 12.9. The Labute approximate surface area is 203 Å². The number of amides is 1. The lowest BCUT2D eigenvalue weighted by atomic mass is 9.87. The first kappa shape index (κ1) is 24.1. The first-order chi connectivity index (χ1) is 16.4. The largest absolute Gasteiger partial charge is 0.461 e. The highest BCUT2D eigenvalue weighted by Crippen LogP contribution is 2.32. The molecule has 8 heteroatoms. The quantitative estimate of drug-likeness (QED) is 0.440. The van der Waals surface area contributed by atoms with Gasteiger partial charge < -0.3 is 10.1 Å². The molecule has 1 saturated carbocycles. The summed E-state index contributed by atoms with van der Waals surface area (Å²) in [7, 11) is 0. The van der Waals surface area contributed by atoms with Gasteiger partial charge >= 0.3 is 5.97 Å². The predicted octanol–water partition coefficient (Wildman–Crippen LogP) is 5.66. The highest BCUT2D eigenvalue weighted by Gasteiger charge is 2.24. The van der Waals surface area contributed by atoms with Crippen LogP contribution >= 0.6 is 11.3 Å². The van der Waals surface area contributed by atoms with E-state index in [2.05, 4.69) is 24.3 Å². The molecule has 0 spiro atoms. The van der Waals surface area contributed by atoms with Gasteiger partial charge in [-0.25, -0.2) is 4.79 Å². The Balaban J connectivity index is 1.75. The van der Waals surface area contributed by atoms with E-state index in [1.54, 1.807) is 12.3 Å². The van der Waals surface area contributed by atoms with Gasteiger partial charge in [-0.15, -0.1) is 11.3 Å². The number of carbonyl (C=O) groups is 2. The third kappa shape index (κ3) is 5.06. The third-order valence-corrected chi connectivity index (χ3v) is 7.27. The number of rotatable bonds is 7. The summed E-state index contributed by atoms with van der Waals surface area (Å²) in [6.07, 6.45) is 6.13. The fourth-order valence-corrected chi connectivity index (χ4v) is 5.45. The summed E-state index contributed by atoms with van der Waals surface area (Å²) in [6, 6.07) is 7.53. The number of carbonyl (C=O) groups excluding carboxylic acids is 2. The molecule has 1 aromatic carbocycles. The molecule has 0 atom stereocenters. The average molecular weight is 482 g/mol. The maximum absolute atomic E-state index is 13.5. The van der Waals surface area contributed by atoms with Crippen LogP contribution in [0.5, 0.6) is 0 Å². The highest BCUT2D eigenvalue weighted by atomic mass is 32.1. The Hall–Kier alpha value is -3.00. The number of anilines is 1. The number of thiophene rings is 1. The Kier molecular flexibility index (Phi) is 7.46. The number of hydrogen-bond acceptors (Lipinski definition) is 6. The second-order valence-electron chi connectivity index (χ2n) is 9.14. The molecule has 0 aliphatic heterocycles. The van der Waals surface area contributed by atoms with E-state index in [4.69, 9.17) is 4.74 Å². The standard InChI is InChI=1S/C26H31N3O4S/c1-4-33-26(32)23-20-15-34-24(27-21(30)14-17-8-6-5-7-9-17)22(20)25(31)29(28-23)19-12-10-18(11-13-19)16(2)3/h10-13,15-17H,4-9,14H2,1-3H3,(H,27,30). The fraction of sp³-hybridized carbons (Fsp3) is 0.462. The van der Waals surface area contributed by atoms with Crippen LogP contribution in [0.25, 0.3) is 16.5 Å². The van der Waals surface area contributed by atoms with Crippen molar-refractivity contribution in [2.24, 2.45) is 5.92 Å². The van der Waals surface area contributed by atoms with Gasteiger partial charge in [-0.1, -0.05) is 45.2 Å². The molecule has 0 bridgehead atoms. The van der Waals surface area contributed by atoms with Crippen LogP contribution in [0, 0.1) is 5.92 Å². The van der Waals surface area contributed by atoms with Crippen LogP contribution < -0.4 is 10.9 Å². The normalized spacial score (nSPS) is 14.5. The number of nitrogens with zero attached hydrogens (tertiary/aromatic N) is 2. The number of esters is 1. The fourth-order valence-electron chi connectivity index (χ4n) is 4.50. The SMILES string of the molecule is CCOC(=O)c1nn(-c2ccc(C(C)C)cc2)c(=O)c2c(NC(=O)CC3CCCCC3)scc12. The zero-order valence-electron chi connectivity index (χ0n) is 19.9. The van der Waals surface area contributed by atoms with Gasteiger partial charge in [-0.3, -0.25) is 9.59 Å². The van der Waals surface area contributed by atoms with Crippen molar-refractivity contribution < 1.29 is 14.3 Å². The van der Waals surface area contributed by atoms with Crippen LogP contribution in [-0.4, -0.2) is 28.3 Å². The van der Waals surface area contributed by atoms with E-state index >= 15 is 0 Å². The van der Waals surface area contributed by atoms with Crippen molar-refractivity contribution in [1.29, 1.82) is 0 Å². The lowest BCUT2D eigenvalue weighted by molar-refractivity contribution is -0.117. The molecule has 7 nitrogen and oxygen atoms in total.